The summed E-state index contributed by atoms with van der Waals surface area (Å²) in [5.74, 6) is 0.308. The van der Waals surface area contributed by atoms with Crippen LogP contribution in [0.2, 0.25) is 0 Å². The van der Waals surface area contributed by atoms with Gasteiger partial charge in [0.15, 0.2) is 6.61 Å². The number of amides is 2. The molecule has 0 saturated heterocycles. The van der Waals surface area contributed by atoms with Crippen molar-refractivity contribution in [3.8, 4) is 5.75 Å². The van der Waals surface area contributed by atoms with Gasteiger partial charge in [0.25, 0.3) is 0 Å². The molecule has 1 aromatic rings. The summed E-state index contributed by atoms with van der Waals surface area (Å²) in [4.78, 5) is 22.6. The molecule has 1 unspecified atom stereocenters. The van der Waals surface area contributed by atoms with Crippen LogP contribution in [0.5, 0.6) is 5.75 Å². The summed E-state index contributed by atoms with van der Waals surface area (Å²) in [6, 6.07) is 8.79. The van der Waals surface area contributed by atoms with Gasteiger partial charge in [0.2, 0.25) is 5.91 Å². The molecule has 2 amide bonds. The Bertz CT molecular complexity index is 523. The van der Waals surface area contributed by atoms with Crippen LogP contribution in [0.25, 0.3) is 0 Å². The quantitative estimate of drug-likeness (QED) is 0.755. The van der Waals surface area contributed by atoms with Crippen LogP contribution in [0.4, 0.5) is 18.0 Å². The highest BCUT2D eigenvalue weighted by atomic mass is 19.4. The lowest BCUT2D eigenvalue weighted by Gasteiger charge is -2.15. The van der Waals surface area contributed by atoms with E-state index >= 15 is 0 Å². The summed E-state index contributed by atoms with van der Waals surface area (Å²) >= 11 is 0. The van der Waals surface area contributed by atoms with Gasteiger partial charge in [-0.15, -0.1) is 0 Å². The van der Waals surface area contributed by atoms with Crippen molar-refractivity contribution in [2.75, 3.05) is 19.8 Å². The van der Waals surface area contributed by atoms with E-state index in [2.05, 4.69) is 15.4 Å². The average molecular weight is 348 g/mol. The number of carbonyl (C=O) groups excluding carboxylic acids is 2. The summed E-state index contributed by atoms with van der Waals surface area (Å²) in [5.41, 5.74) is 0. The number of hydrogen-bond acceptors (Lipinski definition) is 4. The average Bonchev–Trinajstić information content (AvgIpc) is 2.51. The molecule has 0 aliphatic rings. The van der Waals surface area contributed by atoms with Gasteiger partial charge in [-0.05, 0) is 19.1 Å². The second kappa shape index (κ2) is 9.64. The molecule has 0 spiro atoms. The molecule has 1 rings (SSSR count). The third-order valence-corrected chi connectivity index (χ3v) is 2.64. The smallest absolute Gasteiger partial charge is 0.422 e. The molecule has 6 nitrogen and oxygen atoms in total. The molecule has 0 fully saturated rings. The van der Waals surface area contributed by atoms with Gasteiger partial charge in [-0.1, -0.05) is 18.2 Å². The summed E-state index contributed by atoms with van der Waals surface area (Å²) in [6.45, 7) is 0.205. The molecule has 0 aromatic heterocycles. The zero-order valence-electron chi connectivity index (χ0n) is 13.1. The predicted molar refractivity (Wildman–Crippen MR) is 79.6 cm³/mol. The number of nitrogens with one attached hydrogen (secondary N) is 2. The molecule has 0 bridgehead atoms. The Kier molecular flexibility index (Phi) is 7.87. The number of carbonyl (C=O) groups is 2. The molecule has 0 aliphatic carbocycles. The van der Waals surface area contributed by atoms with E-state index in [1.165, 1.54) is 0 Å². The topological polar surface area (TPSA) is 76.7 Å². The number of ether oxygens (including phenoxy) is 2. The van der Waals surface area contributed by atoms with Gasteiger partial charge in [-0.3, -0.25) is 4.79 Å². The normalized spacial score (nSPS) is 12.2. The van der Waals surface area contributed by atoms with Gasteiger partial charge in [0, 0.05) is 13.0 Å². The maximum absolute atomic E-state index is 11.8. The Hall–Kier alpha value is -2.45. The third-order valence-electron chi connectivity index (χ3n) is 2.64. The maximum Gasteiger partial charge on any atom is 0.422 e. The fourth-order valence-corrected chi connectivity index (χ4v) is 1.60. The predicted octanol–water partition coefficient (Wildman–Crippen LogP) is 2.25. The molecular weight excluding hydrogens is 329 g/mol. The standard InChI is InChI=1S/C15H19F3N2O4/c1-11(9-23-12-5-3-2-4-6-12)20-13(21)7-8-19-14(22)24-10-15(16,17)18/h2-6,11H,7-10H2,1H3,(H,19,22)(H,20,21). The molecule has 0 heterocycles. The number of halogens is 3. The van der Waals surface area contributed by atoms with Crippen LogP contribution in [0, 0.1) is 0 Å². The zero-order valence-corrected chi connectivity index (χ0v) is 13.1. The maximum atomic E-state index is 11.8. The number of para-hydroxylation sites is 1. The van der Waals surface area contributed by atoms with E-state index < -0.39 is 18.9 Å². The van der Waals surface area contributed by atoms with Gasteiger partial charge in [0.05, 0.1) is 6.04 Å². The van der Waals surface area contributed by atoms with E-state index in [-0.39, 0.29) is 31.5 Å². The first-order valence-electron chi connectivity index (χ1n) is 7.21. The Labute approximate surface area is 137 Å². The summed E-state index contributed by atoms with van der Waals surface area (Å²) in [5, 5.41) is 4.71. The number of rotatable bonds is 8. The molecule has 9 heteroatoms. The largest absolute Gasteiger partial charge is 0.491 e. The van der Waals surface area contributed by atoms with Crippen LogP contribution >= 0.6 is 0 Å². The summed E-state index contributed by atoms with van der Waals surface area (Å²) < 4.78 is 44.9. The summed E-state index contributed by atoms with van der Waals surface area (Å²) in [7, 11) is 0. The Morgan fingerprint density at radius 1 is 1.21 bits per heavy atom. The van der Waals surface area contributed by atoms with Crippen LogP contribution in [-0.2, 0) is 9.53 Å². The van der Waals surface area contributed by atoms with Crippen molar-refractivity contribution >= 4 is 12.0 Å². The molecule has 0 aliphatic heterocycles. The van der Waals surface area contributed by atoms with Crippen molar-refractivity contribution in [3.63, 3.8) is 0 Å². The molecule has 134 valence electrons. The van der Waals surface area contributed by atoms with E-state index in [1.807, 2.05) is 18.2 Å². The Morgan fingerprint density at radius 2 is 1.88 bits per heavy atom. The van der Waals surface area contributed by atoms with E-state index in [0.717, 1.165) is 0 Å². The van der Waals surface area contributed by atoms with Crippen LogP contribution in [0.1, 0.15) is 13.3 Å². The first-order valence-corrected chi connectivity index (χ1v) is 7.21. The number of benzene rings is 1. The highest BCUT2D eigenvalue weighted by molar-refractivity contribution is 5.77. The lowest BCUT2D eigenvalue weighted by molar-refractivity contribution is -0.160. The highest BCUT2D eigenvalue weighted by Gasteiger charge is 2.29. The van der Waals surface area contributed by atoms with E-state index in [1.54, 1.807) is 19.1 Å². The van der Waals surface area contributed by atoms with Crippen molar-refractivity contribution in [1.82, 2.24) is 10.6 Å². The number of alkyl carbamates (subject to hydrolysis) is 1. The lowest BCUT2D eigenvalue weighted by atomic mass is 10.3. The molecule has 1 atom stereocenters. The lowest BCUT2D eigenvalue weighted by Crippen LogP contribution is -2.39. The number of hydrogen-bond donors (Lipinski definition) is 2. The SMILES string of the molecule is CC(COc1ccccc1)NC(=O)CCNC(=O)OCC(F)(F)F. The van der Waals surface area contributed by atoms with E-state index in [0.29, 0.717) is 5.75 Å². The second-order valence-corrected chi connectivity index (χ2v) is 4.96. The van der Waals surface area contributed by atoms with Crippen LogP contribution in [0.3, 0.4) is 0 Å². The van der Waals surface area contributed by atoms with Crippen molar-refractivity contribution in [2.24, 2.45) is 0 Å². The van der Waals surface area contributed by atoms with E-state index in [4.69, 9.17) is 4.74 Å². The molecular formula is C15H19F3N2O4. The third kappa shape index (κ3) is 9.54. The van der Waals surface area contributed by atoms with Crippen molar-refractivity contribution in [2.45, 2.75) is 25.6 Å². The van der Waals surface area contributed by atoms with Gasteiger partial charge < -0.3 is 20.1 Å². The molecule has 2 N–H and O–H groups in total. The Morgan fingerprint density at radius 3 is 2.50 bits per heavy atom. The zero-order chi connectivity index (χ0) is 18.0. The fraction of sp³-hybridized carbons (Fsp3) is 0.467. The van der Waals surface area contributed by atoms with Crippen molar-refractivity contribution in [1.29, 1.82) is 0 Å². The van der Waals surface area contributed by atoms with Gasteiger partial charge in [-0.2, -0.15) is 13.2 Å². The Balaban J connectivity index is 2.13. The minimum absolute atomic E-state index is 0.0865. The first-order chi connectivity index (χ1) is 11.3. The van der Waals surface area contributed by atoms with Crippen LogP contribution < -0.4 is 15.4 Å². The fourth-order valence-electron chi connectivity index (χ4n) is 1.60. The van der Waals surface area contributed by atoms with Gasteiger partial charge in [-0.25, -0.2) is 4.79 Å². The molecule has 0 radical (unpaired) electrons. The number of alkyl halides is 3. The second-order valence-electron chi connectivity index (χ2n) is 4.96. The molecule has 24 heavy (non-hydrogen) atoms. The van der Waals surface area contributed by atoms with Gasteiger partial charge >= 0.3 is 12.3 Å². The van der Waals surface area contributed by atoms with E-state index in [9.17, 15) is 22.8 Å². The monoisotopic (exact) mass is 348 g/mol. The summed E-state index contributed by atoms with van der Waals surface area (Å²) in [6.07, 6.45) is -5.89. The van der Waals surface area contributed by atoms with Crippen molar-refractivity contribution < 1.29 is 32.2 Å². The van der Waals surface area contributed by atoms with Crippen LogP contribution in [0.15, 0.2) is 30.3 Å². The van der Waals surface area contributed by atoms with Crippen molar-refractivity contribution in [3.05, 3.63) is 30.3 Å². The minimum Gasteiger partial charge on any atom is -0.491 e. The van der Waals surface area contributed by atoms with Crippen LogP contribution in [-0.4, -0.2) is 44.0 Å². The highest BCUT2D eigenvalue weighted by Crippen LogP contribution is 2.14. The molecule has 0 saturated carbocycles. The minimum atomic E-state index is -4.58. The van der Waals surface area contributed by atoms with Gasteiger partial charge in [0.1, 0.15) is 12.4 Å². The first kappa shape index (κ1) is 19.6. The molecule has 1 aromatic carbocycles.